The van der Waals surface area contributed by atoms with Gasteiger partial charge in [-0.15, -0.1) is 0 Å². The van der Waals surface area contributed by atoms with E-state index in [1.807, 2.05) is 35.2 Å². The molecular weight excluding hydrogens is 295 g/mol. The lowest BCUT2D eigenvalue weighted by atomic mass is 10.2. The van der Waals surface area contributed by atoms with Crippen LogP contribution in [0.15, 0.2) is 30.3 Å². The maximum absolute atomic E-state index is 12.3. The Morgan fingerprint density at radius 1 is 1.05 bits per heavy atom. The molecule has 0 unspecified atom stereocenters. The molecule has 22 heavy (non-hydrogen) atoms. The Balaban J connectivity index is 1.65. The molecule has 1 aliphatic rings. The van der Waals surface area contributed by atoms with E-state index < -0.39 is 12.7 Å². The number of halogens is 3. The number of carbonyl (C=O) groups is 1. The maximum Gasteiger partial charge on any atom is 0.401 e. The summed E-state index contributed by atoms with van der Waals surface area (Å²) in [6, 6.07) is 9.18. The maximum atomic E-state index is 12.3. The number of hydrogen-bond acceptors (Lipinski definition) is 3. The average molecular weight is 315 g/mol. The van der Waals surface area contributed by atoms with Crippen molar-refractivity contribution in [3.05, 3.63) is 30.3 Å². The van der Waals surface area contributed by atoms with Crippen LogP contribution in [0.1, 0.15) is 6.42 Å². The van der Waals surface area contributed by atoms with Gasteiger partial charge in [0.15, 0.2) is 0 Å². The monoisotopic (exact) mass is 315 g/mol. The fraction of sp³-hybridized carbons (Fsp3) is 0.533. The van der Waals surface area contributed by atoms with Gasteiger partial charge in [0.25, 0.3) is 0 Å². The molecule has 122 valence electrons. The normalized spacial score (nSPS) is 17.4. The Hall–Kier alpha value is -1.60. The largest absolute Gasteiger partial charge is 0.401 e. The molecule has 1 amide bonds. The lowest BCUT2D eigenvalue weighted by Gasteiger charge is -2.34. The number of nitrogens with one attached hydrogen (secondary N) is 1. The van der Waals surface area contributed by atoms with Crippen LogP contribution in [-0.4, -0.2) is 61.2 Å². The molecular formula is C15H20F3N3O. The summed E-state index contributed by atoms with van der Waals surface area (Å²) in [7, 11) is 0. The number of rotatable bonds is 5. The average Bonchev–Trinajstić information content (AvgIpc) is 2.46. The zero-order chi connectivity index (χ0) is 16.0. The fourth-order valence-electron chi connectivity index (χ4n) is 2.43. The van der Waals surface area contributed by atoms with E-state index in [0.29, 0.717) is 39.1 Å². The van der Waals surface area contributed by atoms with Crippen LogP contribution in [0.25, 0.3) is 0 Å². The lowest BCUT2D eigenvalue weighted by Crippen LogP contribution is -2.49. The number of piperazine rings is 1. The molecule has 1 N–H and O–H groups in total. The van der Waals surface area contributed by atoms with E-state index in [2.05, 4.69) is 5.32 Å². The molecule has 0 spiro atoms. The Morgan fingerprint density at radius 3 is 2.23 bits per heavy atom. The zero-order valence-corrected chi connectivity index (χ0v) is 12.3. The van der Waals surface area contributed by atoms with Gasteiger partial charge in [0, 0.05) is 44.8 Å². The van der Waals surface area contributed by atoms with Crippen molar-refractivity contribution in [2.24, 2.45) is 0 Å². The highest BCUT2D eigenvalue weighted by Gasteiger charge is 2.32. The molecule has 1 heterocycles. The number of carbonyl (C=O) groups excluding carboxylic acids is 1. The molecule has 1 fully saturated rings. The van der Waals surface area contributed by atoms with Crippen LogP contribution in [0, 0.1) is 0 Å². The van der Waals surface area contributed by atoms with E-state index in [9.17, 15) is 18.0 Å². The number of anilines is 1. The van der Waals surface area contributed by atoms with Crippen molar-refractivity contribution in [2.75, 3.05) is 44.6 Å². The van der Waals surface area contributed by atoms with Gasteiger partial charge in [-0.05, 0) is 12.1 Å². The fourth-order valence-corrected chi connectivity index (χ4v) is 2.43. The van der Waals surface area contributed by atoms with Gasteiger partial charge >= 0.3 is 6.18 Å². The van der Waals surface area contributed by atoms with Gasteiger partial charge in [-0.1, -0.05) is 18.2 Å². The van der Waals surface area contributed by atoms with Crippen LogP contribution in [-0.2, 0) is 4.79 Å². The van der Waals surface area contributed by atoms with Crippen molar-refractivity contribution in [3.63, 3.8) is 0 Å². The van der Waals surface area contributed by atoms with Crippen molar-refractivity contribution in [3.8, 4) is 0 Å². The van der Waals surface area contributed by atoms with E-state index in [1.54, 1.807) is 0 Å². The predicted molar refractivity (Wildman–Crippen MR) is 78.6 cm³/mol. The van der Waals surface area contributed by atoms with Gasteiger partial charge in [0.1, 0.15) is 0 Å². The molecule has 0 aliphatic carbocycles. The van der Waals surface area contributed by atoms with Gasteiger partial charge in [0.05, 0.1) is 6.54 Å². The van der Waals surface area contributed by atoms with Crippen molar-refractivity contribution in [2.45, 2.75) is 12.6 Å². The SMILES string of the molecule is O=C(CCN1CCN(CC(F)(F)F)CC1)Nc1ccccc1. The summed E-state index contributed by atoms with van der Waals surface area (Å²) in [5.74, 6) is -0.0797. The summed E-state index contributed by atoms with van der Waals surface area (Å²) in [5.41, 5.74) is 0.752. The molecule has 0 radical (unpaired) electrons. The Labute approximate surface area is 127 Å². The van der Waals surface area contributed by atoms with Crippen LogP contribution in [0.3, 0.4) is 0 Å². The molecule has 1 aromatic carbocycles. The first-order valence-electron chi connectivity index (χ1n) is 7.29. The molecule has 0 aromatic heterocycles. The Morgan fingerprint density at radius 2 is 1.64 bits per heavy atom. The first-order valence-corrected chi connectivity index (χ1v) is 7.29. The summed E-state index contributed by atoms with van der Waals surface area (Å²) in [4.78, 5) is 15.2. The highest BCUT2D eigenvalue weighted by molar-refractivity contribution is 5.90. The van der Waals surface area contributed by atoms with Crippen molar-refractivity contribution in [1.29, 1.82) is 0 Å². The van der Waals surface area contributed by atoms with Gasteiger partial charge in [0.2, 0.25) is 5.91 Å². The summed E-state index contributed by atoms with van der Waals surface area (Å²) >= 11 is 0. The van der Waals surface area contributed by atoms with Crippen molar-refractivity contribution < 1.29 is 18.0 Å². The van der Waals surface area contributed by atoms with Gasteiger partial charge in [-0.3, -0.25) is 9.69 Å². The zero-order valence-electron chi connectivity index (χ0n) is 12.3. The summed E-state index contributed by atoms with van der Waals surface area (Å²) in [6.45, 7) is 1.62. The number of para-hydroxylation sites is 1. The number of hydrogen-bond donors (Lipinski definition) is 1. The van der Waals surface area contributed by atoms with Crippen LogP contribution in [0.4, 0.5) is 18.9 Å². The minimum Gasteiger partial charge on any atom is -0.326 e. The third-order valence-corrected chi connectivity index (χ3v) is 3.58. The van der Waals surface area contributed by atoms with Crippen LogP contribution in [0.2, 0.25) is 0 Å². The minimum atomic E-state index is -4.14. The lowest BCUT2D eigenvalue weighted by molar-refractivity contribution is -0.149. The Bertz CT molecular complexity index is 471. The number of amides is 1. The molecule has 1 aliphatic heterocycles. The number of nitrogens with zero attached hydrogens (tertiary/aromatic N) is 2. The van der Waals surface area contributed by atoms with E-state index >= 15 is 0 Å². The molecule has 0 saturated carbocycles. The second-order valence-corrected chi connectivity index (χ2v) is 5.40. The number of benzene rings is 1. The second-order valence-electron chi connectivity index (χ2n) is 5.40. The van der Waals surface area contributed by atoms with Gasteiger partial charge in [-0.25, -0.2) is 0 Å². The molecule has 1 aromatic rings. The van der Waals surface area contributed by atoms with Crippen molar-refractivity contribution >= 4 is 11.6 Å². The molecule has 2 rings (SSSR count). The molecule has 0 atom stereocenters. The highest BCUT2D eigenvalue weighted by atomic mass is 19.4. The summed E-state index contributed by atoms with van der Waals surface area (Å²) in [6.07, 6.45) is -3.80. The first-order chi connectivity index (χ1) is 10.4. The van der Waals surface area contributed by atoms with E-state index in [0.717, 1.165) is 5.69 Å². The molecule has 4 nitrogen and oxygen atoms in total. The van der Waals surface area contributed by atoms with E-state index in [1.165, 1.54) is 4.90 Å². The predicted octanol–water partition coefficient (Wildman–Crippen LogP) is 2.20. The first kappa shape index (κ1) is 16.8. The van der Waals surface area contributed by atoms with Crippen LogP contribution < -0.4 is 5.32 Å². The highest BCUT2D eigenvalue weighted by Crippen LogP contribution is 2.17. The number of alkyl halides is 3. The smallest absolute Gasteiger partial charge is 0.326 e. The van der Waals surface area contributed by atoms with E-state index in [-0.39, 0.29) is 5.91 Å². The third-order valence-electron chi connectivity index (χ3n) is 3.58. The molecule has 7 heteroatoms. The summed E-state index contributed by atoms with van der Waals surface area (Å²) < 4.78 is 36.9. The minimum absolute atomic E-state index is 0.0797. The van der Waals surface area contributed by atoms with Crippen LogP contribution >= 0.6 is 0 Å². The van der Waals surface area contributed by atoms with Crippen LogP contribution in [0.5, 0.6) is 0 Å². The van der Waals surface area contributed by atoms with E-state index in [4.69, 9.17) is 0 Å². The van der Waals surface area contributed by atoms with Gasteiger partial charge in [-0.2, -0.15) is 13.2 Å². The standard InChI is InChI=1S/C15H20F3N3O/c16-15(17,18)12-21-10-8-20(9-11-21)7-6-14(22)19-13-4-2-1-3-5-13/h1-5H,6-12H2,(H,19,22). The quantitative estimate of drug-likeness (QED) is 0.905. The second kappa shape index (κ2) is 7.60. The van der Waals surface area contributed by atoms with Gasteiger partial charge < -0.3 is 10.2 Å². The molecule has 0 bridgehead atoms. The Kier molecular flexibility index (Phi) is 5.79. The third kappa shape index (κ3) is 6.03. The summed E-state index contributed by atoms with van der Waals surface area (Å²) in [5, 5.41) is 2.80. The van der Waals surface area contributed by atoms with Crippen molar-refractivity contribution in [1.82, 2.24) is 9.80 Å². The molecule has 1 saturated heterocycles. The topological polar surface area (TPSA) is 35.6 Å².